The molecule has 2 aliphatic heterocycles. The van der Waals surface area contributed by atoms with Gasteiger partial charge >= 0.3 is 11.8 Å². The molecule has 2 saturated heterocycles. The third kappa shape index (κ3) is 6.13. The summed E-state index contributed by atoms with van der Waals surface area (Å²) in [6.07, 6.45) is 1.60. The number of amides is 3. The van der Waals surface area contributed by atoms with Crippen molar-refractivity contribution in [1.82, 2.24) is 19.8 Å². The first-order valence-electron chi connectivity index (χ1n) is 11.7. The van der Waals surface area contributed by atoms with Crippen LogP contribution in [0.25, 0.3) is 0 Å². The van der Waals surface area contributed by atoms with Gasteiger partial charge in [-0.2, -0.15) is 4.31 Å². The highest BCUT2D eigenvalue weighted by Gasteiger charge is 2.36. The van der Waals surface area contributed by atoms with E-state index < -0.39 is 28.1 Å². The predicted molar refractivity (Wildman–Crippen MR) is 125 cm³/mol. The zero-order chi connectivity index (χ0) is 24.9. The van der Waals surface area contributed by atoms with Gasteiger partial charge < -0.3 is 20.3 Å². The number of aryl methyl sites for hydroxylation is 3. The van der Waals surface area contributed by atoms with Crippen molar-refractivity contribution in [2.75, 3.05) is 39.3 Å². The highest BCUT2D eigenvalue weighted by Crippen LogP contribution is 2.28. The van der Waals surface area contributed by atoms with Gasteiger partial charge in [-0.15, -0.1) is 0 Å². The molecule has 0 radical (unpaired) electrons. The molecule has 1 aromatic carbocycles. The maximum absolute atomic E-state index is 13.5. The molecule has 0 spiro atoms. The molecule has 2 N–H and O–H groups in total. The SMILES string of the molecule is Cc1cc(C)c(S(=O)(=O)N2CCCO[C@H]2CNC(=O)C(=O)NCCCN2CCCC2=O)c(C)c1. The highest BCUT2D eigenvalue weighted by molar-refractivity contribution is 7.89. The van der Waals surface area contributed by atoms with Crippen molar-refractivity contribution in [3.05, 3.63) is 28.8 Å². The van der Waals surface area contributed by atoms with Gasteiger partial charge in [0.15, 0.2) is 0 Å². The van der Waals surface area contributed by atoms with Crippen LogP contribution in [0.5, 0.6) is 0 Å². The molecule has 34 heavy (non-hydrogen) atoms. The first-order chi connectivity index (χ1) is 16.1. The standard InChI is InChI=1S/C23H34N4O6S/c1-16-13-17(2)21(18(3)14-16)34(31,32)27-11-6-12-33-20(27)15-25-23(30)22(29)24-8-5-10-26-9-4-7-19(26)28/h13-14,20H,4-12,15H2,1-3H3,(H,24,29)(H,25,30)/t20-/m0/s1. The van der Waals surface area contributed by atoms with E-state index in [4.69, 9.17) is 4.74 Å². The summed E-state index contributed by atoms with van der Waals surface area (Å²) < 4.78 is 33.8. The van der Waals surface area contributed by atoms with Crippen molar-refractivity contribution in [3.8, 4) is 0 Å². The number of carbonyl (C=O) groups excluding carboxylic acids is 3. The molecule has 11 heteroatoms. The molecule has 3 rings (SSSR count). The quantitative estimate of drug-likeness (QED) is 0.403. The molecule has 188 valence electrons. The smallest absolute Gasteiger partial charge is 0.309 e. The average molecular weight is 495 g/mol. The van der Waals surface area contributed by atoms with E-state index in [-0.39, 0.29) is 30.4 Å². The highest BCUT2D eigenvalue weighted by atomic mass is 32.2. The van der Waals surface area contributed by atoms with Crippen molar-refractivity contribution in [2.24, 2.45) is 0 Å². The molecule has 1 atom stereocenters. The van der Waals surface area contributed by atoms with E-state index in [0.29, 0.717) is 43.5 Å². The van der Waals surface area contributed by atoms with Gasteiger partial charge in [0.05, 0.1) is 18.0 Å². The monoisotopic (exact) mass is 494 g/mol. The number of nitrogens with one attached hydrogen (secondary N) is 2. The Kier molecular flexibility index (Phi) is 8.67. The molecule has 0 aliphatic carbocycles. The second-order valence-electron chi connectivity index (χ2n) is 8.83. The van der Waals surface area contributed by atoms with Gasteiger partial charge in [0.2, 0.25) is 15.9 Å². The number of sulfonamides is 1. The molecule has 0 aromatic heterocycles. The van der Waals surface area contributed by atoms with Crippen molar-refractivity contribution >= 4 is 27.7 Å². The summed E-state index contributed by atoms with van der Waals surface area (Å²) in [7, 11) is -3.86. The summed E-state index contributed by atoms with van der Waals surface area (Å²) in [5.41, 5.74) is 2.28. The molecule has 3 amide bonds. The molecule has 0 bridgehead atoms. The Hall–Kier alpha value is -2.50. The van der Waals surface area contributed by atoms with E-state index in [1.807, 2.05) is 19.1 Å². The molecule has 1 aromatic rings. The van der Waals surface area contributed by atoms with Crippen molar-refractivity contribution < 1.29 is 27.5 Å². The van der Waals surface area contributed by atoms with Crippen molar-refractivity contribution in [1.29, 1.82) is 0 Å². The summed E-state index contributed by atoms with van der Waals surface area (Å²) in [6, 6.07) is 3.65. The molecular formula is C23H34N4O6S. The van der Waals surface area contributed by atoms with Crippen LogP contribution in [0.3, 0.4) is 0 Å². The van der Waals surface area contributed by atoms with Gasteiger partial charge in [-0.3, -0.25) is 14.4 Å². The van der Waals surface area contributed by atoms with Crippen LogP contribution >= 0.6 is 0 Å². The topological polar surface area (TPSA) is 125 Å². The van der Waals surface area contributed by atoms with Gasteiger partial charge in [0.1, 0.15) is 6.23 Å². The van der Waals surface area contributed by atoms with E-state index >= 15 is 0 Å². The minimum absolute atomic E-state index is 0.118. The second-order valence-corrected chi connectivity index (χ2v) is 10.7. The number of hydrogen-bond acceptors (Lipinski definition) is 6. The predicted octanol–water partition coefficient (Wildman–Crippen LogP) is 0.594. The molecule has 0 unspecified atom stereocenters. The van der Waals surface area contributed by atoms with Gasteiger partial charge in [-0.25, -0.2) is 8.42 Å². The lowest BCUT2D eigenvalue weighted by molar-refractivity contribution is -0.140. The first-order valence-corrected chi connectivity index (χ1v) is 13.1. The Morgan fingerprint density at radius 2 is 1.74 bits per heavy atom. The number of rotatable bonds is 8. The maximum Gasteiger partial charge on any atom is 0.309 e. The summed E-state index contributed by atoms with van der Waals surface area (Å²) in [6.45, 7) is 7.46. The van der Waals surface area contributed by atoms with E-state index in [9.17, 15) is 22.8 Å². The molecule has 2 aliphatic rings. The van der Waals surface area contributed by atoms with Gasteiger partial charge in [-0.05, 0) is 51.2 Å². The van der Waals surface area contributed by atoms with Crippen LogP contribution in [0, 0.1) is 20.8 Å². The lowest BCUT2D eigenvalue weighted by Gasteiger charge is -2.35. The minimum atomic E-state index is -3.86. The number of ether oxygens (including phenoxy) is 1. The fraction of sp³-hybridized carbons (Fsp3) is 0.609. The lowest BCUT2D eigenvalue weighted by Crippen LogP contribution is -2.53. The molecule has 0 saturated carbocycles. The van der Waals surface area contributed by atoms with Crippen LogP contribution in [-0.2, 0) is 29.1 Å². The van der Waals surface area contributed by atoms with E-state index in [1.54, 1.807) is 18.7 Å². The minimum Gasteiger partial charge on any atom is -0.360 e. The Morgan fingerprint density at radius 1 is 1.06 bits per heavy atom. The second kappa shape index (κ2) is 11.3. The number of nitrogens with zero attached hydrogens (tertiary/aromatic N) is 2. The van der Waals surface area contributed by atoms with Crippen LogP contribution in [0.2, 0.25) is 0 Å². The van der Waals surface area contributed by atoms with Gasteiger partial charge in [-0.1, -0.05) is 17.7 Å². The largest absolute Gasteiger partial charge is 0.360 e. The molecular weight excluding hydrogens is 460 g/mol. The number of likely N-dealkylation sites (tertiary alicyclic amines) is 1. The van der Waals surface area contributed by atoms with E-state index in [0.717, 1.165) is 18.5 Å². The molecule has 10 nitrogen and oxygen atoms in total. The fourth-order valence-electron chi connectivity index (χ4n) is 4.55. The zero-order valence-corrected chi connectivity index (χ0v) is 20.9. The van der Waals surface area contributed by atoms with Crippen LogP contribution in [-0.4, -0.2) is 80.9 Å². The van der Waals surface area contributed by atoms with Gasteiger partial charge in [0, 0.05) is 32.6 Å². The van der Waals surface area contributed by atoms with E-state index in [1.165, 1.54) is 4.31 Å². The van der Waals surface area contributed by atoms with Crippen LogP contribution in [0.1, 0.15) is 42.4 Å². The third-order valence-corrected chi connectivity index (χ3v) is 8.23. The summed E-state index contributed by atoms with van der Waals surface area (Å²) in [5, 5.41) is 5.02. The first kappa shape index (κ1) is 26.1. The Bertz CT molecular complexity index is 1020. The van der Waals surface area contributed by atoms with Gasteiger partial charge in [0.25, 0.3) is 0 Å². The summed E-state index contributed by atoms with van der Waals surface area (Å²) >= 11 is 0. The Balaban J connectivity index is 1.55. The Morgan fingerprint density at radius 3 is 2.38 bits per heavy atom. The molecule has 2 fully saturated rings. The van der Waals surface area contributed by atoms with Crippen LogP contribution in [0.4, 0.5) is 0 Å². The molecule has 2 heterocycles. The van der Waals surface area contributed by atoms with Crippen LogP contribution in [0.15, 0.2) is 17.0 Å². The summed E-state index contributed by atoms with van der Waals surface area (Å²) in [5.74, 6) is -1.54. The Labute approximate surface area is 201 Å². The third-order valence-electron chi connectivity index (χ3n) is 6.03. The average Bonchev–Trinajstić information content (AvgIpc) is 3.18. The number of benzene rings is 1. The van der Waals surface area contributed by atoms with E-state index in [2.05, 4.69) is 10.6 Å². The van der Waals surface area contributed by atoms with Crippen molar-refractivity contribution in [3.63, 3.8) is 0 Å². The maximum atomic E-state index is 13.5. The normalized spacial score (nSPS) is 19.3. The number of carbonyl (C=O) groups is 3. The zero-order valence-electron chi connectivity index (χ0n) is 20.1. The lowest BCUT2D eigenvalue weighted by atomic mass is 10.1. The number of hydrogen-bond donors (Lipinski definition) is 2. The fourth-order valence-corrected chi connectivity index (χ4v) is 6.53. The van der Waals surface area contributed by atoms with Crippen molar-refractivity contribution in [2.45, 2.75) is 57.6 Å². The summed E-state index contributed by atoms with van der Waals surface area (Å²) in [4.78, 5) is 38.0. The van der Waals surface area contributed by atoms with Crippen LogP contribution < -0.4 is 10.6 Å².